The molecule has 6 heteroatoms. The number of thioether (sulfide) groups is 1. The van der Waals surface area contributed by atoms with Crippen LogP contribution in [0.3, 0.4) is 0 Å². The number of anilines is 2. The van der Waals surface area contributed by atoms with Crippen molar-refractivity contribution in [3.05, 3.63) is 139 Å². The lowest BCUT2D eigenvalue weighted by Gasteiger charge is -2.23. The lowest BCUT2D eigenvalue weighted by Crippen LogP contribution is -2.27. The fourth-order valence-electron chi connectivity index (χ4n) is 5.13. The summed E-state index contributed by atoms with van der Waals surface area (Å²) in [4.78, 5) is 20.7. The molecule has 5 aromatic carbocycles. The van der Waals surface area contributed by atoms with E-state index in [9.17, 15) is 10.1 Å². The first-order valence-electron chi connectivity index (χ1n) is 14.2. The first-order valence-corrected chi connectivity index (χ1v) is 15.2. The molecule has 0 aliphatic heterocycles. The summed E-state index contributed by atoms with van der Waals surface area (Å²) in [7, 11) is 1.63. The van der Waals surface area contributed by atoms with E-state index in [1.165, 1.54) is 11.8 Å². The number of benzene rings is 5. The third-order valence-corrected chi connectivity index (χ3v) is 8.39. The largest absolute Gasteiger partial charge is 0.497 e. The van der Waals surface area contributed by atoms with Gasteiger partial charge < -0.3 is 4.74 Å². The Morgan fingerprint density at radius 1 is 0.795 bits per heavy atom. The number of amides is 1. The highest BCUT2D eigenvalue weighted by molar-refractivity contribution is 8.00. The number of carbonyl (C=O) groups excluding carboxylic acids is 1. The molecule has 0 aliphatic rings. The third-order valence-electron chi connectivity index (χ3n) is 7.43. The molecule has 1 amide bonds. The molecule has 0 unspecified atom stereocenters. The summed E-state index contributed by atoms with van der Waals surface area (Å²) in [5, 5.41) is 13.0. The van der Waals surface area contributed by atoms with E-state index in [1.807, 2.05) is 128 Å². The van der Waals surface area contributed by atoms with Gasteiger partial charge in [-0.2, -0.15) is 5.26 Å². The predicted octanol–water partition coefficient (Wildman–Crippen LogP) is 9.21. The molecule has 0 N–H and O–H groups in total. The Morgan fingerprint density at radius 2 is 1.48 bits per heavy atom. The van der Waals surface area contributed by atoms with E-state index in [-0.39, 0.29) is 11.7 Å². The summed E-state index contributed by atoms with van der Waals surface area (Å²) in [5.74, 6) is 0.701. The van der Waals surface area contributed by atoms with E-state index >= 15 is 0 Å². The van der Waals surface area contributed by atoms with Crippen molar-refractivity contribution in [1.82, 2.24) is 4.98 Å². The Hall–Kier alpha value is -5.38. The van der Waals surface area contributed by atoms with Crippen molar-refractivity contribution in [2.75, 3.05) is 17.8 Å². The number of rotatable bonds is 8. The van der Waals surface area contributed by atoms with E-state index in [1.54, 1.807) is 12.0 Å². The second-order valence-corrected chi connectivity index (χ2v) is 11.3. The lowest BCUT2D eigenvalue weighted by atomic mass is 9.99. The molecule has 5 nitrogen and oxygen atoms in total. The zero-order valence-electron chi connectivity index (χ0n) is 24.4. The maximum Gasteiger partial charge on any atom is 0.241 e. The number of pyridine rings is 1. The van der Waals surface area contributed by atoms with Crippen molar-refractivity contribution in [2.24, 2.45) is 0 Å². The molecule has 0 spiro atoms. The molecular formula is C38H29N3O2S. The zero-order chi connectivity index (χ0) is 30.5. The number of ether oxygens (including phenoxy) is 1. The van der Waals surface area contributed by atoms with Crippen molar-refractivity contribution in [1.29, 1.82) is 5.26 Å². The molecule has 0 radical (unpaired) electrons. The molecule has 6 rings (SSSR count). The fraction of sp³-hybridized carbons (Fsp3) is 0.0789. The van der Waals surface area contributed by atoms with Crippen LogP contribution in [-0.2, 0) is 4.79 Å². The first kappa shape index (κ1) is 28.7. The van der Waals surface area contributed by atoms with Crippen LogP contribution < -0.4 is 9.64 Å². The highest BCUT2D eigenvalue weighted by Gasteiger charge is 2.22. The summed E-state index contributed by atoms with van der Waals surface area (Å²) >= 11 is 1.28. The summed E-state index contributed by atoms with van der Waals surface area (Å²) < 4.78 is 5.35. The number of para-hydroxylation sites is 1. The van der Waals surface area contributed by atoms with Gasteiger partial charge in [0.2, 0.25) is 5.91 Å². The molecule has 0 atom stereocenters. The van der Waals surface area contributed by atoms with Gasteiger partial charge in [0.25, 0.3) is 0 Å². The average molecular weight is 592 g/mol. The second-order valence-electron chi connectivity index (χ2n) is 10.3. The molecule has 1 aromatic heterocycles. The highest BCUT2D eigenvalue weighted by Crippen LogP contribution is 2.36. The maximum absolute atomic E-state index is 14.1. The fourth-order valence-corrected chi connectivity index (χ4v) is 5.98. The van der Waals surface area contributed by atoms with Gasteiger partial charge in [-0.05, 0) is 65.7 Å². The minimum Gasteiger partial charge on any atom is -0.497 e. The van der Waals surface area contributed by atoms with Crippen LogP contribution in [-0.4, -0.2) is 23.8 Å². The Morgan fingerprint density at radius 3 is 2.18 bits per heavy atom. The SMILES string of the molecule is COc1ccc(-c2cc(-c3ccc(C)cc3)nc(SCC(=O)N(c3ccccc3)c3ccc4ccccc4c3)c2C#N)cc1. The van der Waals surface area contributed by atoms with Gasteiger partial charge in [-0.1, -0.05) is 102 Å². The Balaban J connectivity index is 1.39. The van der Waals surface area contributed by atoms with Crippen LogP contribution in [0.25, 0.3) is 33.2 Å². The van der Waals surface area contributed by atoms with Crippen LogP contribution in [0.4, 0.5) is 11.4 Å². The molecule has 214 valence electrons. The summed E-state index contributed by atoms with van der Waals surface area (Å²) in [6.45, 7) is 2.04. The van der Waals surface area contributed by atoms with E-state index < -0.39 is 0 Å². The summed E-state index contributed by atoms with van der Waals surface area (Å²) in [5.41, 5.74) is 6.42. The first-order chi connectivity index (χ1) is 21.5. The Labute approximate surface area is 261 Å². The number of hydrogen-bond donors (Lipinski definition) is 0. The quantitative estimate of drug-likeness (QED) is 0.165. The Bertz CT molecular complexity index is 1980. The molecule has 1 heterocycles. The number of aryl methyl sites for hydroxylation is 1. The minimum atomic E-state index is -0.117. The molecule has 0 saturated heterocycles. The normalized spacial score (nSPS) is 10.8. The van der Waals surface area contributed by atoms with Crippen LogP contribution >= 0.6 is 11.8 Å². The van der Waals surface area contributed by atoms with Gasteiger partial charge in [0.05, 0.1) is 24.1 Å². The van der Waals surface area contributed by atoms with E-state index in [0.29, 0.717) is 10.6 Å². The number of aromatic nitrogens is 1. The third kappa shape index (κ3) is 6.05. The zero-order valence-corrected chi connectivity index (χ0v) is 25.2. The molecule has 6 aromatic rings. The van der Waals surface area contributed by atoms with Crippen molar-refractivity contribution in [3.8, 4) is 34.2 Å². The van der Waals surface area contributed by atoms with Crippen LogP contribution in [0.15, 0.2) is 132 Å². The summed E-state index contributed by atoms with van der Waals surface area (Å²) in [6, 6.07) is 43.8. The molecule has 0 bridgehead atoms. The molecule has 0 saturated carbocycles. The number of hydrogen-bond acceptors (Lipinski definition) is 5. The molecule has 0 fully saturated rings. The smallest absolute Gasteiger partial charge is 0.241 e. The van der Waals surface area contributed by atoms with Crippen molar-refractivity contribution >= 4 is 39.8 Å². The second kappa shape index (κ2) is 12.9. The Kier molecular flexibility index (Phi) is 8.40. The minimum absolute atomic E-state index is 0.0861. The van der Waals surface area contributed by atoms with Crippen molar-refractivity contribution < 1.29 is 9.53 Å². The van der Waals surface area contributed by atoms with Gasteiger partial charge in [0.15, 0.2) is 0 Å². The van der Waals surface area contributed by atoms with Gasteiger partial charge >= 0.3 is 0 Å². The van der Waals surface area contributed by atoms with Crippen LogP contribution in [0.2, 0.25) is 0 Å². The van der Waals surface area contributed by atoms with Crippen molar-refractivity contribution in [2.45, 2.75) is 11.9 Å². The molecular weight excluding hydrogens is 563 g/mol. The number of carbonyl (C=O) groups is 1. The van der Waals surface area contributed by atoms with Gasteiger partial charge in [0, 0.05) is 22.5 Å². The lowest BCUT2D eigenvalue weighted by molar-refractivity contribution is -0.115. The number of nitrogens with zero attached hydrogens (tertiary/aromatic N) is 3. The van der Waals surface area contributed by atoms with E-state index in [2.05, 4.69) is 12.1 Å². The molecule has 44 heavy (non-hydrogen) atoms. The van der Waals surface area contributed by atoms with Crippen LogP contribution in [0, 0.1) is 18.3 Å². The van der Waals surface area contributed by atoms with Gasteiger partial charge in [-0.25, -0.2) is 4.98 Å². The monoisotopic (exact) mass is 591 g/mol. The summed E-state index contributed by atoms with van der Waals surface area (Å²) in [6.07, 6.45) is 0. The maximum atomic E-state index is 14.1. The van der Waals surface area contributed by atoms with Gasteiger partial charge in [-0.3, -0.25) is 9.69 Å². The van der Waals surface area contributed by atoms with E-state index in [0.717, 1.165) is 55.8 Å². The highest BCUT2D eigenvalue weighted by atomic mass is 32.2. The van der Waals surface area contributed by atoms with E-state index in [4.69, 9.17) is 9.72 Å². The molecule has 0 aliphatic carbocycles. The standard InChI is InChI=1S/C38H29N3O2S/c1-26-12-14-29(15-13-26)36-23-34(28-17-20-33(43-2)21-18-28)35(24-39)38(40-36)44-25-37(42)41(31-10-4-3-5-11-31)32-19-16-27-8-6-7-9-30(27)22-32/h3-23H,25H2,1-2H3. The topological polar surface area (TPSA) is 66.2 Å². The average Bonchev–Trinajstić information content (AvgIpc) is 3.08. The van der Waals surface area contributed by atoms with Gasteiger partial charge in [-0.15, -0.1) is 0 Å². The van der Waals surface area contributed by atoms with Crippen molar-refractivity contribution in [3.63, 3.8) is 0 Å². The number of fused-ring (bicyclic) bond motifs is 1. The van der Waals surface area contributed by atoms with Crippen LogP contribution in [0.5, 0.6) is 5.75 Å². The predicted molar refractivity (Wildman–Crippen MR) is 179 cm³/mol. The number of nitriles is 1. The van der Waals surface area contributed by atoms with Gasteiger partial charge in [0.1, 0.15) is 16.8 Å². The van der Waals surface area contributed by atoms with Crippen LogP contribution in [0.1, 0.15) is 11.1 Å². The number of methoxy groups -OCH3 is 1.